The molecule has 0 aromatic heterocycles. The Morgan fingerprint density at radius 3 is 2.29 bits per heavy atom. The lowest BCUT2D eigenvalue weighted by Crippen LogP contribution is -2.34. The number of carbonyl (C=O) groups excluding carboxylic acids is 1. The lowest BCUT2D eigenvalue weighted by atomic mass is 10.0. The third-order valence-corrected chi connectivity index (χ3v) is 4.93. The zero-order valence-corrected chi connectivity index (χ0v) is 14.9. The number of hydrogen-bond donors (Lipinski definition) is 1. The van der Waals surface area contributed by atoms with E-state index in [4.69, 9.17) is 33.9 Å². The maximum absolute atomic E-state index is 12.2. The summed E-state index contributed by atoms with van der Waals surface area (Å²) >= 11 is 11.9. The Morgan fingerprint density at radius 2 is 1.81 bits per heavy atom. The van der Waals surface area contributed by atoms with Crippen molar-refractivity contribution in [2.24, 2.45) is 5.92 Å². The van der Waals surface area contributed by atoms with Crippen LogP contribution in [0.3, 0.4) is 0 Å². The van der Waals surface area contributed by atoms with E-state index in [0.29, 0.717) is 5.92 Å². The van der Waals surface area contributed by atoms with Crippen LogP contribution in [0.4, 0.5) is 0 Å². The molecule has 1 unspecified atom stereocenters. The first kappa shape index (κ1) is 18.6. The molecule has 0 radical (unpaired) electrons. The van der Waals surface area contributed by atoms with E-state index in [1.807, 2.05) is 20.8 Å². The van der Waals surface area contributed by atoms with Crippen LogP contribution in [0.25, 0.3) is 0 Å². The van der Waals surface area contributed by atoms with E-state index in [0.717, 1.165) is 6.42 Å². The lowest BCUT2D eigenvalue weighted by Gasteiger charge is -2.17. The van der Waals surface area contributed by atoms with E-state index in [-0.39, 0.29) is 26.5 Å². The number of rotatable bonds is 5. The molecule has 118 valence electrons. The molecule has 0 spiro atoms. The highest BCUT2D eigenvalue weighted by Gasteiger charge is 2.24. The SMILES string of the molecule is CC(C)CC(C)NC(=O)c1c(Cl)ccc(S(=O)(=O)Cl)c1Cl. The van der Waals surface area contributed by atoms with Gasteiger partial charge in [0, 0.05) is 16.7 Å². The van der Waals surface area contributed by atoms with Crippen LogP contribution in [0.5, 0.6) is 0 Å². The second kappa shape index (κ2) is 7.18. The summed E-state index contributed by atoms with van der Waals surface area (Å²) in [5.74, 6) is -0.124. The van der Waals surface area contributed by atoms with E-state index in [1.165, 1.54) is 12.1 Å². The molecular formula is C13H16Cl3NO3S. The third kappa shape index (κ3) is 5.02. The van der Waals surface area contributed by atoms with E-state index in [9.17, 15) is 13.2 Å². The monoisotopic (exact) mass is 371 g/mol. The van der Waals surface area contributed by atoms with Crippen molar-refractivity contribution in [2.75, 3.05) is 0 Å². The van der Waals surface area contributed by atoms with Crippen molar-refractivity contribution in [3.05, 3.63) is 27.7 Å². The number of carbonyl (C=O) groups is 1. The molecule has 0 aliphatic heterocycles. The Labute approximate surface area is 139 Å². The van der Waals surface area contributed by atoms with Crippen LogP contribution < -0.4 is 5.32 Å². The normalized spacial score (nSPS) is 13.3. The predicted molar refractivity (Wildman–Crippen MR) is 85.9 cm³/mol. The second-order valence-corrected chi connectivity index (χ2v) is 8.50. The zero-order chi connectivity index (χ0) is 16.4. The molecule has 1 N–H and O–H groups in total. The van der Waals surface area contributed by atoms with Gasteiger partial charge in [-0.2, -0.15) is 0 Å². The Morgan fingerprint density at radius 1 is 1.24 bits per heavy atom. The lowest BCUT2D eigenvalue weighted by molar-refractivity contribution is 0.0936. The topological polar surface area (TPSA) is 63.2 Å². The standard InChI is InChI=1S/C13H16Cl3NO3S/c1-7(2)6-8(3)17-13(18)11-9(14)4-5-10(12(11)15)21(16,19)20/h4-5,7-8H,6H2,1-3H3,(H,17,18). The minimum atomic E-state index is -4.05. The molecule has 1 amide bonds. The highest BCUT2D eigenvalue weighted by atomic mass is 35.7. The predicted octanol–water partition coefficient (Wildman–Crippen LogP) is 4.09. The summed E-state index contributed by atoms with van der Waals surface area (Å²) in [5, 5.41) is 2.54. The summed E-state index contributed by atoms with van der Waals surface area (Å²) in [5.41, 5.74) is -0.0873. The van der Waals surface area contributed by atoms with Gasteiger partial charge in [0.15, 0.2) is 0 Å². The van der Waals surface area contributed by atoms with Gasteiger partial charge >= 0.3 is 0 Å². The Balaban J connectivity index is 3.16. The molecule has 4 nitrogen and oxygen atoms in total. The molecule has 1 aromatic carbocycles. The van der Waals surface area contributed by atoms with E-state index < -0.39 is 15.0 Å². The molecule has 1 aromatic rings. The van der Waals surface area contributed by atoms with Crippen molar-refractivity contribution in [3.63, 3.8) is 0 Å². The number of benzene rings is 1. The van der Waals surface area contributed by atoms with E-state index in [2.05, 4.69) is 5.32 Å². The van der Waals surface area contributed by atoms with Gasteiger partial charge in [-0.1, -0.05) is 37.0 Å². The molecule has 8 heteroatoms. The van der Waals surface area contributed by atoms with Crippen LogP contribution in [0.15, 0.2) is 17.0 Å². The Kier molecular flexibility index (Phi) is 6.35. The van der Waals surface area contributed by atoms with Crippen molar-refractivity contribution in [3.8, 4) is 0 Å². The minimum Gasteiger partial charge on any atom is -0.349 e. The molecule has 0 bridgehead atoms. The van der Waals surface area contributed by atoms with Crippen LogP contribution in [0.1, 0.15) is 37.6 Å². The maximum Gasteiger partial charge on any atom is 0.262 e. The van der Waals surface area contributed by atoms with Gasteiger partial charge in [-0.05, 0) is 31.4 Å². The first-order valence-corrected chi connectivity index (χ1v) is 9.34. The van der Waals surface area contributed by atoms with Crippen LogP contribution in [-0.4, -0.2) is 20.4 Å². The first-order valence-electron chi connectivity index (χ1n) is 6.27. The molecule has 0 aliphatic carbocycles. The Hall–Kier alpha value is -0.490. The van der Waals surface area contributed by atoms with Gasteiger partial charge < -0.3 is 5.32 Å². The van der Waals surface area contributed by atoms with Gasteiger partial charge in [-0.25, -0.2) is 8.42 Å². The molecule has 0 aliphatic rings. The summed E-state index contributed by atoms with van der Waals surface area (Å²) in [7, 11) is 1.23. The summed E-state index contributed by atoms with van der Waals surface area (Å²) in [6.07, 6.45) is 0.772. The highest BCUT2D eigenvalue weighted by molar-refractivity contribution is 8.13. The van der Waals surface area contributed by atoms with Crippen molar-refractivity contribution in [1.82, 2.24) is 5.32 Å². The third-order valence-electron chi connectivity index (χ3n) is 2.75. The largest absolute Gasteiger partial charge is 0.349 e. The smallest absolute Gasteiger partial charge is 0.262 e. The molecule has 1 atom stereocenters. The number of nitrogens with one attached hydrogen (secondary N) is 1. The molecule has 21 heavy (non-hydrogen) atoms. The number of hydrogen-bond acceptors (Lipinski definition) is 3. The average Bonchev–Trinajstić information content (AvgIpc) is 2.25. The first-order chi connectivity index (χ1) is 9.54. The van der Waals surface area contributed by atoms with Crippen molar-refractivity contribution in [2.45, 2.75) is 38.1 Å². The van der Waals surface area contributed by atoms with Crippen molar-refractivity contribution in [1.29, 1.82) is 0 Å². The molecule has 0 fully saturated rings. The van der Waals surface area contributed by atoms with Gasteiger partial charge in [0.1, 0.15) is 4.90 Å². The molecular weight excluding hydrogens is 357 g/mol. The van der Waals surface area contributed by atoms with E-state index >= 15 is 0 Å². The molecule has 0 saturated heterocycles. The number of amides is 1. The summed E-state index contributed by atoms with van der Waals surface area (Å²) in [4.78, 5) is 11.9. The summed E-state index contributed by atoms with van der Waals surface area (Å²) in [6, 6.07) is 2.35. The van der Waals surface area contributed by atoms with Crippen LogP contribution in [0, 0.1) is 5.92 Å². The van der Waals surface area contributed by atoms with Crippen LogP contribution >= 0.6 is 33.9 Å². The summed E-state index contributed by atoms with van der Waals surface area (Å²) < 4.78 is 22.8. The number of halogens is 3. The fourth-order valence-electron chi connectivity index (χ4n) is 1.99. The van der Waals surface area contributed by atoms with E-state index in [1.54, 1.807) is 0 Å². The molecule has 0 saturated carbocycles. The van der Waals surface area contributed by atoms with Crippen LogP contribution in [-0.2, 0) is 9.05 Å². The fraction of sp³-hybridized carbons (Fsp3) is 0.462. The average molecular weight is 373 g/mol. The zero-order valence-electron chi connectivity index (χ0n) is 11.8. The summed E-state index contributed by atoms with van der Waals surface area (Å²) in [6.45, 7) is 5.91. The molecule has 1 rings (SSSR count). The van der Waals surface area contributed by atoms with Gasteiger partial charge in [-0.3, -0.25) is 4.79 Å². The maximum atomic E-state index is 12.2. The quantitative estimate of drug-likeness (QED) is 0.792. The highest BCUT2D eigenvalue weighted by Crippen LogP contribution is 2.32. The molecule has 0 heterocycles. The Bertz CT molecular complexity index is 644. The van der Waals surface area contributed by atoms with Crippen LogP contribution in [0.2, 0.25) is 10.0 Å². The van der Waals surface area contributed by atoms with Crippen molar-refractivity contribution < 1.29 is 13.2 Å². The van der Waals surface area contributed by atoms with Gasteiger partial charge in [0.25, 0.3) is 15.0 Å². The fourth-order valence-corrected chi connectivity index (χ4v) is 3.89. The van der Waals surface area contributed by atoms with Gasteiger partial charge in [0.05, 0.1) is 15.6 Å². The van der Waals surface area contributed by atoms with Gasteiger partial charge in [-0.15, -0.1) is 0 Å². The minimum absolute atomic E-state index is 0.0679. The van der Waals surface area contributed by atoms with Crippen molar-refractivity contribution >= 4 is 48.8 Å². The second-order valence-electron chi connectivity index (χ2n) is 5.18. The van der Waals surface area contributed by atoms with Gasteiger partial charge in [0.2, 0.25) is 0 Å².